The number of benzene rings is 1. The minimum absolute atomic E-state index is 0.311. The Morgan fingerprint density at radius 3 is 2.57 bits per heavy atom. The largest absolute Gasteiger partial charge is 0.496 e. The molecule has 0 saturated carbocycles. The van der Waals surface area contributed by atoms with E-state index in [1.807, 2.05) is 18.2 Å². The first-order chi connectivity index (χ1) is 10.2. The van der Waals surface area contributed by atoms with Gasteiger partial charge in [-0.25, -0.2) is 0 Å². The molecular weight excluding hydrogens is 282 g/mol. The molecule has 0 aromatic heterocycles. The first-order valence-electron chi connectivity index (χ1n) is 8.22. The van der Waals surface area contributed by atoms with E-state index in [2.05, 4.69) is 26.1 Å². The van der Waals surface area contributed by atoms with Crippen LogP contribution in [-0.4, -0.2) is 13.7 Å². The average Bonchev–Trinajstić information content (AvgIpc) is 2.50. The summed E-state index contributed by atoms with van der Waals surface area (Å²) in [7, 11) is 1.73. The summed E-state index contributed by atoms with van der Waals surface area (Å²) in [5, 5.41) is 4.38. The van der Waals surface area contributed by atoms with Crippen LogP contribution < -0.4 is 10.1 Å². The van der Waals surface area contributed by atoms with Crippen molar-refractivity contribution in [3.05, 3.63) is 28.8 Å². The highest BCUT2D eigenvalue weighted by atomic mass is 35.5. The normalized spacial score (nSPS) is 14.0. The van der Waals surface area contributed by atoms with Crippen molar-refractivity contribution in [1.82, 2.24) is 5.32 Å². The van der Waals surface area contributed by atoms with E-state index in [9.17, 15) is 0 Å². The highest BCUT2D eigenvalue weighted by Gasteiger charge is 2.19. The zero-order valence-corrected chi connectivity index (χ0v) is 14.7. The summed E-state index contributed by atoms with van der Waals surface area (Å²) in [6, 6.07) is 6.21. The van der Waals surface area contributed by atoms with Crippen molar-refractivity contribution in [3.8, 4) is 5.75 Å². The molecule has 1 rings (SSSR count). The van der Waals surface area contributed by atoms with Crippen molar-refractivity contribution in [2.24, 2.45) is 5.92 Å². The lowest BCUT2D eigenvalue weighted by Crippen LogP contribution is -2.24. The summed E-state index contributed by atoms with van der Waals surface area (Å²) in [6.07, 6.45) is 6.25. The van der Waals surface area contributed by atoms with E-state index in [0.717, 1.165) is 29.7 Å². The molecule has 0 aliphatic rings. The van der Waals surface area contributed by atoms with Gasteiger partial charge in [-0.05, 0) is 37.1 Å². The Labute approximate surface area is 135 Å². The summed E-state index contributed by atoms with van der Waals surface area (Å²) in [6.45, 7) is 7.65. The molecule has 0 aliphatic carbocycles. The van der Waals surface area contributed by atoms with Gasteiger partial charge in [-0.1, -0.05) is 58.1 Å². The molecule has 0 fully saturated rings. The zero-order chi connectivity index (χ0) is 15.7. The van der Waals surface area contributed by atoms with Gasteiger partial charge in [0.15, 0.2) is 0 Å². The fraction of sp³-hybridized carbons (Fsp3) is 0.667. The molecule has 120 valence electrons. The predicted molar refractivity (Wildman–Crippen MR) is 92.3 cm³/mol. The molecule has 0 spiro atoms. The van der Waals surface area contributed by atoms with E-state index in [1.54, 1.807) is 7.11 Å². The number of unbranched alkanes of at least 4 members (excludes halogenated alkanes) is 1. The molecule has 0 heterocycles. The van der Waals surface area contributed by atoms with Crippen molar-refractivity contribution in [2.45, 2.75) is 58.9 Å². The number of rotatable bonds is 10. The van der Waals surface area contributed by atoms with Crippen LogP contribution in [0.2, 0.25) is 5.02 Å². The Kier molecular flexibility index (Phi) is 8.79. The molecule has 2 unspecified atom stereocenters. The molecule has 0 amide bonds. The van der Waals surface area contributed by atoms with Crippen LogP contribution in [-0.2, 0) is 0 Å². The van der Waals surface area contributed by atoms with Crippen LogP contribution >= 0.6 is 11.6 Å². The van der Waals surface area contributed by atoms with Crippen LogP contribution in [0.1, 0.15) is 64.5 Å². The summed E-state index contributed by atoms with van der Waals surface area (Å²) in [4.78, 5) is 0. The first kappa shape index (κ1) is 18.3. The Balaban J connectivity index is 2.91. The van der Waals surface area contributed by atoms with Crippen LogP contribution in [0.15, 0.2) is 18.2 Å². The van der Waals surface area contributed by atoms with E-state index in [4.69, 9.17) is 16.3 Å². The Hall–Kier alpha value is -0.730. The molecule has 1 aromatic carbocycles. The van der Waals surface area contributed by atoms with Gasteiger partial charge in [-0.2, -0.15) is 0 Å². The van der Waals surface area contributed by atoms with Crippen LogP contribution in [0, 0.1) is 5.92 Å². The van der Waals surface area contributed by atoms with Crippen LogP contribution in [0.5, 0.6) is 5.75 Å². The lowest BCUT2D eigenvalue weighted by molar-refractivity contribution is 0.344. The van der Waals surface area contributed by atoms with E-state index in [1.165, 1.54) is 31.2 Å². The van der Waals surface area contributed by atoms with Crippen molar-refractivity contribution in [2.75, 3.05) is 13.7 Å². The fourth-order valence-corrected chi connectivity index (χ4v) is 3.04. The highest BCUT2D eigenvalue weighted by molar-refractivity contribution is 6.30. The Morgan fingerprint density at radius 1 is 1.24 bits per heavy atom. The SMILES string of the molecule is CCCCC(CC)CC(NCC)c1cc(Cl)ccc1OC. The monoisotopic (exact) mass is 311 g/mol. The summed E-state index contributed by atoms with van der Waals surface area (Å²) >= 11 is 6.19. The number of ether oxygens (including phenoxy) is 1. The van der Waals surface area contributed by atoms with E-state index in [-0.39, 0.29) is 0 Å². The second kappa shape index (κ2) is 10.1. The summed E-state index contributed by atoms with van der Waals surface area (Å²) < 4.78 is 5.53. The molecule has 0 radical (unpaired) electrons. The standard InChI is InChI=1S/C18H30ClNO/c1-5-8-9-14(6-2)12-17(20-7-3)16-13-15(19)10-11-18(16)21-4/h10-11,13-14,17,20H,5-9,12H2,1-4H3. The topological polar surface area (TPSA) is 21.3 Å². The van der Waals surface area contributed by atoms with Gasteiger partial charge in [0.05, 0.1) is 7.11 Å². The van der Waals surface area contributed by atoms with Crippen molar-refractivity contribution >= 4 is 11.6 Å². The Bertz CT molecular complexity index is 408. The van der Waals surface area contributed by atoms with Gasteiger partial charge in [-0.15, -0.1) is 0 Å². The van der Waals surface area contributed by atoms with Crippen molar-refractivity contribution < 1.29 is 4.74 Å². The molecule has 1 N–H and O–H groups in total. The predicted octanol–water partition coefficient (Wildman–Crippen LogP) is 5.61. The molecule has 2 nitrogen and oxygen atoms in total. The number of hydrogen-bond acceptors (Lipinski definition) is 2. The molecule has 2 atom stereocenters. The quantitative estimate of drug-likeness (QED) is 0.606. The van der Waals surface area contributed by atoms with Gasteiger partial charge in [0.25, 0.3) is 0 Å². The van der Waals surface area contributed by atoms with Gasteiger partial charge < -0.3 is 10.1 Å². The zero-order valence-electron chi connectivity index (χ0n) is 13.9. The number of methoxy groups -OCH3 is 1. The molecule has 1 aromatic rings. The third kappa shape index (κ3) is 5.88. The summed E-state index contributed by atoms with van der Waals surface area (Å²) in [5.74, 6) is 1.67. The van der Waals surface area contributed by atoms with Crippen molar-refractivity contribution in [3.63, 3.8) is 0 Å². The average molecular weight is 312 g/mol. The van der Waals surface area contributed by atoms with Crippen molar-refractivity contribution in [1.29, 1.82) is 0 Å². The number of nitrogens with one attached hydrogen (secondary N) is 1. The van der Waals surface area contributed by atoms with Gasteiger partial charge in [0.2, 0.25) is 0 Å². The Morgan fingerprint density at radius 2 is 2.00 bits per heavy atom. The second-order valence-corrected chi connectivity index (χ2v) is 6.09. The maximum Gasteiger partial charge on any atom is 0.123 e. The lowest BCUT2D eigenvalue weighted by atomic mass is 9.89. The number of hydrogen-bond donors (Lipinski definition) is 1. The minimum Gasteiger partial charge on any atom is -0.496 e. The molecule has 3 heteroatoms. The molecular formula is C18H30ClNO. The van der Waals surface area contributed by atoms with E-state index in [0.29, 0.717) is 6.04 Å². The van der Waals surface area contributed by atoms with Gasteiger partial charge in [-0.3, -0.25) is 0 Å². The third-order valence-electron chi connectivity index (χ3n) is 4.13. The molecule has 21 heavy (non-hydrogen) atoms. The lowest BCUT2D eigenvalue weighted by Gasteiger charge is -2.25. The molecule has 0 saturated heterocycles. The maximum atomic E-state index is 6.19. The minimum atomic E-state index is 0.311. The number of halogens is 1. The van der Waals surface area contributed by atoms with E-state index < -0.39 is 0 Å². The van der Waals surface area contributed by atoms with Gasteiger partial charge >= 0.3 is 0 Å². The van der Waals surface area contributed by atoms with Gasteiger partial charge in [0, 0.05) is 16.6 Å². The highest BCUT2D eigenvalue weighted by Crippen LogP contribution is 2.33. The molecule has 0 bridgehead atoms. The first-order valence-corrected chi connectivity index (χ1v) is 8.60. The third-order valence-corrected chi connectivity index (χ3v) is 4.37. The van der Waals surface area contributed by atoms with Crippen LogP contribution in [0.4, 0.5) is 0 Å². The second-order valence-electron chi connectivity index (χ2n) is 5.65. The summed E-state index contributed by atoms with van der Waals surface area (Å²) in [5.41, 5.74) is 1.18. The van der Waals surface area contributed by atoms with Gasteiger partial charge in [0.1, 0.15) is 5.75 Å². The molecule has 0 aliphatic heterocycles. The van der Waals surface area contributed by atoms with Crippen LogP contribution in [0.25, 0.3) is 0 Å². The maximum absolute atomic E-state index is 6.19. The fourth-order valence-electron chi connectivity index (χ4n) is 2.86. The smallest absolute Gasteiger partial charge is 0.123 e. The van der Waals surface area contributed by atoms with Crippen LogP contribution in [0.3, 0.4) is 0 Å². The van der Waals surface area contributed by atoms with E-state index >= 15 is 0 Å².